The summed E-state index contributed by atoms with van der Waals surface area (Å²) in [7, 11) is 0. The molecule has 0 spiro atoms. The minimum atomic E-state index is 0.728. The van der Waals surface area contributed by atoms with E-state index in [-0.39, 0.29) is 0 Å². The summed E-state index contributed by atoms with van der Waals surface area (Å²) in [5.74, 6) is 0.880. The number of thioether (sulfide) groups is 1. The minimum absolute atomic E-state index is 0.728. The van der Waals surface area contributed by atoms with Gasteiger partial charge in [-0.3, -0.25) is 0 Å². The normalized spacial score (nSPS) is 11.1. The van der Waals surface area contributed by atoms with E-state index in [2.05, 4.69) is 32.4 Å². The molecule has 0 aliphatic rings. The summed E-state index contributed by atoms with van der Waals surface area (Å²) in [6.07, 6.45) is 0. The van der Waals surface area contributed by atoms with Gasteiger partial charge in [-0.25, -0.2) is 4.98 Å². The van der Waals surface area contributed by atoms with Gasteiger partial charge in [0.15, 0.2) is 5.58 Å². The molecule has 2 aromatic heterocycles. The van der Waals surface area contributed by atoms with Crippen LogP contribution in [0.5, 0.6) is 0 Å². The molecule has 1 aromatic carbocycles. The Morgan fingerprint density at radius 3 is 2.94 bits per heavy atom. The number of aromatic nitrogens is 1. The lowest BCUT2D eigenvalue weighted by Crippen LogP contribution is -1.75. The molecule has 17 heavy (non-hydrogen) atoms. The van der Waals surface area contributed by atoms with Gasteiger partial charge in [0, 0.05) is 15.1 Å². The largest absolute Gasteiger partial charge is 0.431 e. The zero-order valence-electron chi connectivity index (χ0n) is 8.72. The van der Waals surface area contributed by atoms with Crippen LogP contribution in [0.3, 0.4) is 0 Å². The Kier molecular flexibility index (Phi) is 3.22. The maximum Gasteiger partial charge on any atom is 0.257 e. The molecule has 5 heteroatoms. The number of hydrogen-bond acceptors (Lipinski definition) is 4. The minimum Gasteiger partial charge on any atom is -0.431 e. The second kappa shape index (κ2) is 4.84. The molecule has 0 aliphatic heterocycles. The smallest absolute Gasteiger partial charge is 0.257 e. The topological polar surface area (TPSA) is 26.0 Å². The first-order valence-corrected chi connectivity index (χ1v) is 7.69. The van der Waals surface area contributed by atoms with Gasteiger partial charge < -0.3 is 4.42 Å². The number of para-hydroxylation sites is 2. The van der Waals surface area contributed by atoms with Crippen molar-refractivity contribution in [2.24, 2.45) is 0 Å². The van der Waals surface area contributed by atoms with E-state index in [0.29, 0.717) is 0 Å². The highest BCUT2D eigenvalue weighted by molar-refractivity contribution is 9.10. The maximum atomic E-state index is 5.65. The summed E-state index contributed by atoms with van der Waals surface area (Å²) < 4.78 is 6.81. The predicted octanol–water partition coefficient (Wildman–Crippen LogP) is 4.94. The van der Waals surface area contributed by atoms with Gasteiger partial charge in [0.2, 0.25) is 0 Å². The summed E-state index contributed by atoms with van der Waals surface area (Å²) >= 11 is 6.88. The summed E-state index contributed by atoms with van der Waals surface area (Å²) in [6.45, 7) is 0. The van der Waals surface area contributed by atoms with E-state index in [9.17, 15) is 0 Å². The summed E-state index contributed by atoms with van der Waals surface area (Å²) in [6, 6.07) is 9.89. The fourth-order valence-electron chi connectivity index (χ4n) is 1.47. The molecule has 0 N–H and O–H groups in total. The van der Waals surface area contributed by atoms with Crippen LogP contribution in [0.4, 0.5) is 0 Å². The second-order valence-electron chi connectivity index (χ2n) is 3.43. The molecule has 0 atom stereocenters. The van der Waals surface area contributed by atoms with Crippen molar-refractivity contribution >= 4 is 50.1 Å². The quantitative estimate of drug-likeness (QED) is 0.637. The van der Waals surface area contributed by atoms with Crippen molar-refractivity contribution in [1.29, 1.82) is 0 Å². The lowest BCUT2D eigenvalue weighted by Gasteiger charge is -1.94. The van der Waals surface area contributed by atoms with Crippen LogP contribution in [0.2, 0.25) is 0 Å². The fraction of sp³-hybridized carbons (Fsp3) is 0.0833. The van der Waals surface area contributed by atoms with E-state index < -0.39 is 0 Å². The van der Waals surface area contributed by atoms with Crippen molar-refractivity contribution in [1.82, 2.24) is 4.98 Å². The predicted molar refractivity (Wildman–Crippen MR) is 75.6 cm³/mol. The first-order chi connectivity index (χ1) is 8.33. The lowest BCUT2D eigenvalue weighted by atomic mass is 10.3. The van der Waals surface area contributed by atoms with Gasteiger partial charge in [-0.05, 0) is 39.5 Å². The van der Waals surface area contributed by atoms with Gasteiger partial charge in [-0.15, -0.1) is 11.3 Å². The first-order valence-electron chi connectivity index (χ1n) is 5.03. The summed E-state index contributed by atoms with van der Waals surface area (Å²) in [5, 5.41) is 2.80. The third-order valence-electron chi connectivity index (χ3n) is 2.29. The fourth-order valence-corrected chi connectivity index (χ4v) is 4.10. The highest BCUT2D eigenvalue weighted by Gasteiger charge is 2.08. The van der Waals surface area contributed by atoms with Crippen molar-refractivity contribution in [3.05, 3.63) is 45.1 Å². The monoisotopic (exact) mass is 325 g/mol. The number of oxazole rings is 1. The van der Waals surface area contributed by atoms with Gasteiger partial charge in [-0.1, -0.05) is 23.9 Å². The first kappa shape index (κ1) is 11.3. The third-order valence-corrected chi connectivity index (χ3v) is 5.26. The van der Waals surface area contributed by atoms with Crippen LogP contribution in [0.15, 0.2) is 49.8 Å². The van der Waals surface area contributed by atoms with Gasteiger partial charge in [-0.2, -0.15) is 0 Å². The Morgan fingerprint density at radius 2 is 2.18 bits per heavy atom. The van der Waals surface area contributed by atoms with Gasteiger partial charge >= 0.3 is 0 Å². The van der Waals surface area contributed by atoms with Crippen LogP contribution in [0, 0.1) is 0 Å². The number of nitrogens with zero attached hydrogens (tertiary/aromatic N) is 1. The van der Waals surface area contributed by atoms with Crippen LogP contribution in [-0.4, -0.2) is 4.98 Å². The Bertz CT molecular complexity index is 614. The number of fused-ring (bicyclic) bond motifs is 1. The molecule has 3 rings (SSSR count). The van der Waals surface area contributed by atoms with Gasteiger partial charge in [0.25, 0.3) is 5.22 Å². The Hall–Kier alpha value is -0.780. The lowest BCUT2D eigenvalue weighted by molar-refractivity contribution is 0.489. The summed E-state index contributed by atoms with van der Waals surface area (Å²) in [4.78, 5) is 5.73. The Balaban J connectivity index is 1.79. The third kappa shape index (κ3) is 2.41. The van der Waals surface area contributed by atoms with Crippen molar-refractivity contribution in [3.8, 4) is 0 Å². The molecule has 2 heterocycles. The van der Waals surface area contributed by atoms with E-state index in [0.717, 1.165) is 26.5 Å². The summed E-state index contributed by atoms with van der Waals surface area (Å²) in [5.41, 5.74) is 1.76. The van der Waals surface area contributed by atoms with E-state index >= 15 is 0 Å². The zero-order chi connectivity index (χ0) is 11.7. The average molecular weight is 326 g/mol. The number of benzene rings is 1. The number of hydrogen-bond donors (Lipinski definition) is 0. The molecule has 0 amide bonds. The molecule has 0 aliphatic carbocycles. The molecule has 0 fully saturated rings. The van der Waals surface area contributed by atoms with Crippen LogP contribution >= 0.6 is 39.0 Å². The van der Waals surface area contributed by atoms with Crippen LogP contribution < -0.4 is 0 Å². The highest BCUT2D eigenvalue weighted by Crippen LogP contribution is 2.31. The molecular formula is C12H8BrNOS2. The average Bonchev–Trinajstić information content (AvgIpc) is 2.92. The number of halogens is 1. The molecular weight excluding hydrogens is 318 g/mol. The van der Waals surface area contributed by atoms with Crippen molar-refractivity contribution < 1.29 is 4.42 Å². The molecule has 0 bridgehead atoms. The van der Waals surface area contributed by atoms with E-state index in [1.807, 2.05) is 24.3 Å². The van der Waals surface area contributed by atoms with Crippen LogP contribution in [0.25, 0.3) is 11.1 Å². The van der Waals surface area contributed by atoms with E-state index in [1.165, 1.54) is 4.88 Å². The number of thiophene rings is 1. The molecule has 0 saturated carbocycles. The molecule has 0 saturated heterocycles. The van der Waals surface area contributed by atoms with Gasteiger partial charge in [0.05, 0.1) is 0 Å². The SMILES string of the molecule is Brc1ccsc1CSc1nc2ccccc2o1. The Morgan fingerprint density at radius 1 is 1.29 bits per heavy atom. The molecule has 0 unspecified atom stereocenters. The number of rotatable bonds is 3. The standard InChI is InChI=1S/C12H8BrNOS2/c13-8-5-6-16-11(8)7-17-12-14-9-3-1-2-4-10(9)15-12/h1-6H,7H2. The van der Waals surface area contributed by atoms with Crippen molar-refractivity contribution in [2.75, 3.05) is 0 Å². The van der Waals surface area contributed by atoms with Crippen LogP contribution in [-0.2, 0) is 5.75 Å². The Labute approximate surface area is 115 Å². The van der Waals surface area contributed by atoms with Crippen molar-refractivity contribution in [2.45, 2.75) is 11.0 Å². The van der Waals surface area contributed by atoms with Gasteiger partial charge in [0.1, 0.15) is 5.52 Å². The van der Waals surface area contributed by atoms with E-state index in [4.69, 9.17) is 4.42 Å². The molecule has 86 valence electrons. The maximum absolute atomic E-state index is 5.65. The molecule has 0 radical (unpaired) electrons. The highest BCUT2D eigenvalue weighted by atomic mass is 79.9. The molecule has 2 nitrogen and oxygen atoms in total. The zero-order valence-corrected chi connectivity index (χ0v) is 11.9. The second-order valence-corrected chi connectivity index (χ2v) is 6.21. The van der Waals surface area contributed by atoms with Crippen LogP contribution in [0.1, 0.15) is 4.88 Å². The molecule has 3 aromatic rings. The van der Waals surface area contributed by atoms with E-state index in [1.54, 1.807) is 23.1 Å². The van der Waals surface area contributed by atoms with Crippen molar-refractivity contribution in [3.63, 3.8) is 0 Å².